The standard InChI is InChI=1S/C20H24N2O2S/c1-5-9-15(10-6-2)13-17(19(23)24)21-20-22-18(14-25-20)16(11-7-3)12-8-4/h5-12,14,17H,1,3,13H2,2,4H3,(H,21,22)(H,23,24)/b10-6-,12-8-,15-9+,16-11+. The second kappa shape index (κ2) is 11.0. The zero-order valence-corrected chi connectivity index (χ0v) is 15.4. The second-order valence-corrected chi connectivity index (χ2v) is 5.97. The Hall–Kier alpha value is -2.66. The van der Waals surface area contributed by atoms with E-state index in [1.807, 2.05) is 55.7 Å². The molecule has 1 heterocycles. The van der Waals surface area contributed by atoms with E-state index in [0.29, 0.717) is 11.6 Å². The minimum atomic E-state index is -0.925. The van der Waals surface area contributed by atoms with Crippen molar-refractivity contribution >= 4 is 28.0 Å². The fourth-order valence-electron chi connectivity index (χ4n) is 2.15. The molecule has 1 aromatic heterocycles. The van der Waals surface area contributed by atoms with Gasteiger partial charge in [-0.15, -0.1) is 11.3 Å². The Morgan fingerprint density at radius 3 is 2.52 bits per heavy atom. The molecule has 132 valence electrons. The summed E-state index contributed by atoms with van der Waals surface area (Å²) in [5.74, 6) is -0.925. The molecule has 0 spiro atoms. The van der Waals surface area contributed by atoms with E-state index in [1.165, 1.54) is 11.3 Å². The molecule has 0 fully saturated rings. The van der Waals surface area contributed by atoms with Crippen LogP contribution in [0.1, 0.15) is 26.0 Å². The number of carbonyl (C=O) groups is 1. The van der Waals surface area contributed by atoms with Crippen molar-refractivity contribution < 1.29 is 9.90 Å². The van der Waals surface area contributed by atoms with Crippen molar-refractivity contribution in [1.82, 2.24) is 4.98 Å². The molecule has 0 radical (unpaired) electrons. The smallest absolute Gasteiger partial charge is 0.326 e. The highest BCUT2D eigenvalue weighted by atomic mass is 32.1. The largest absolute Gasteiger partial charge is 0.480 e. The molecule has 25 heavy (non-hydrogen) atoms. The number of rotatable bonds is 10. The van der Waals surface area contributed by atoms with Gasteiger partial charge in [-0.05, 0) is 19.4 Å². The third-order valence-corrected chi connectivity index (χ3v) is 3.97. The van der Waals surface area contributed by atoms with Crippen LogP contribution in [-0.2, 0) is 4.79 Å². The van der Waals surface area contributed by atoms with Crippen molar-refractivity contribution in [2.24, 2.45) is 0 Å². The number of nitrogens with zero attached hydrogens (tertiary/aromatic N) is 1. The Morgan fingerprint density at radius 1 is 1.28 bits per heavy atom. The number of aliphatic carboxylic acids is 1. The van der Waals surface area contributed by atoms with Crippen molar-refractivity contribution in [1.29, 1.82) is 0 Å². The fourth-order valence-corrected chi connectivity index (χ4v) is 2.92. The summed E-state index contributed by atoms with van der Waals surface area (Å²) in [7, 11) is 0. The van der Waals surface area contributed by atoms with Gasteiger partial charge in [0.25, 0.3) is 0 Å². The van der Waals surface area contributed by atoms with Crippen LogP contribution in [0.2, 0.25) is 0 Å². The van der Waals surface area contributed by atoms with Gasteiger partial charge in [0.05, 0.1) is 5.69 Å². The molecule has 0 bridgehead atoms. The van der Waals surface area contributed by atoms with Gasteiger partial charge in [-0.25, -0.2) is 9.78 Å². The number of hydrogen-bond acceptors (Lipinski definition) is 4. The van der Waals surface area contributed by atoms with Gasteiger partial charge < -0.3 is 10.4 Å². The van der Waals surface area contributed by atoms with Gasteiger partial charge in [0.2, 0.25) is 0 Å². The highest BCUT2D eigenvalue weighted by Crippen LogP contribution is 2.24. The number of nitrogens with one attached hydrogen (secondary N) is 1. The summed E-state index contributed by atoms with van der Waals surface area (Å²) in [5, 5.41) is 15.0. The summed E-state index contributed by atoms with van der Waals surface area (Å²) in [6, 6.07) is -0.769. The predicted octanol–water partition coefficient (Wildman–Crippen LogP) is 5.23. The Morgan fingerprint density at radius 2 is 1.96 bits per heavy atom. The number of aromatic nitrogens is 1. The molecular formula is C20H24N2O2S. The number of carboxylic acids is 1. The SMILES string of the molecule is C=C/C=C(\C=C/C)CC(Nc1nc(C(/C=C\C)=C/C=C)cs1)C(=O)O. The van der Waals surface area contributed by atoms with Gasteiger partial charge in [-0.1, -0.05) is 61.8 Å². The van der Waals surface area contributed by atoms with E-state index in [4.69, 9.17) is 0 Å². The maximum atomic E-state index is 11.6. The first kappa shape index (κ1) is 20.4. The maximum absolute atomic E-state index is 11.6. The Bertz CT molecular complexity index is 724. The van der Waals surface area contributed by atoms with Gasteiger partial charge in [0.15, 0.2) is 5.13 Å². The maximum Gasteiger partial charge on any atom is 0.326 e. The molecule has 2 N–H and O–H groups in total. The molecule has 0 aliphatic rings. The molecule has 1 aromatic rings. The summed E-state index contributed by atoms with van der Waals surface area (Å²) in [4.78, 5) is 16.1. The molecule has 0 saturated heterocycles. The van der Waals surface area contributed by atoms with E-state index in [1.54, 1.807) is 12.2 Å². The first-order valence-electron chi connectivity index (χ1n) is 7.90. The zero-order valence-electron chi connectivity index (χ0n) is 14.6. The van der Waals surface area contributed by atoms with Gasteiger partial charge in [0.1, 0.15) is 6.04 Å². The van der Waals surface area contributed by atoms with Crippen LogP contribution in [0.15, 0.2) is 72.7 Å². The zero-order chi connectivity index (χ0) is 18.7. The molecule has 1 atom stereocenters. The van der Waals surface area contributed by atoms with Gasteiger partial charge in [-0.2, -0.15) is 0 Å². The van der Waals surface area contributed by atoms with Crippen LogP contribution in [-0.4, -0.2) is 22.1 Å². The second-order valence-electron chi connectivity index (χ2n) is 5.11. The van der Waals surface area contributed by atoms with Crippen LogP contribution in [0, 0.1) is 0 Å². The van der Waals surface area contributed by atoms with Gasteiger partial charge >= 0.3 is 5.97 Å². The number of thiazole rings is 1. The number of allylic oxidation sites excluding steroid dienone is 9. The highest BCUT2D eigenvalue weighted by molar-refractivity contribution is 7.13. The molecular weight excluding hydrogens is 332 g/mol. The van der Waals surface area contributed by atoms with Crippen LogP contribution in [0.25, 0.3) is 5.57 Å². The minimum absolute atomic E-state index is 0.338. The lowest BCUT2D eigenvalue weighted by Gasteiger charge is -2.14. The van der Waals surface area contributed by atoms with Gasteiger partial charge in [-0.3, -0.25) is 0 Å². The molecule has 1 rings (SSSR count). The third-order valence-electron chi connectivity index (χ3n) is 3.19. The van der Waals surface area contributed by atoms with E-state index in [2.05, 4.69) is 23.5 Å². The fraction of sp³-hybridized carbons (Fsp3) is 0.200. The van der Waals surface area contributed by atoms with E-state index in [9.17, 15) is 9.90 Å². The van der Waals surface area contributed by atoms with Crippen LogP contribution < -0.4 is 5.32 Å². The van der Waals surface area contributed by atoms with Crippen LogP contribution in [0.4, 0.5) is 5.13 Å². The number of anilines is 1. The van der Waals surface area contributed by atoms with Gasteiger partial charge in [0, 0.05) is 17.4 Å². The average Bonchev–Trinajstić information content (AvgIpc) is 3.03. The van der Waals surface area contributed by atoms with Crippen molar-refractivity contribution in [3.63, 3.8) is 0 Å². The van der Waals surface area contributed by atoms with Crippen LogP contribution in [0.3, 0.4) is 0 Å². The summed E-state index contributed by atoms with van der Waals surface area (Å²) in [6.07, 6.45) is 15.0. The lowest BCUT2D eigenvalue weighted by atomic mass is 10.1. The summed E-state index contributed by atoms with van der Waals surface area (Å²) < 4.78 is 0. The Kier molecular flexibility index (Phi) is 8.96. The van der Waals surface area contributed by atoms with Crippen molar-refractivity contribution in [3.8, 4) is 0 Å². The molecule has 4 nitrogen and oxygen atoms in total. The van der Waals surface area contributed by atoms with E-state index in [-0.39, 0.29) is 0 Å². The highest BCUT2D eigenvalue weighted by Gasteiger charge is 2.19. The Labute approximate surface area is 153 Å². The van der Waals surface area contributed by atoms with Crippen LogP contribution >= 0.6 is 11.3 Å². The van der Waals surface area contributed by atoms with Crippen molar-refractivity contribution in [3.05, 3.63) is 78.4 Å². The first-order valence-corrected chi connectivity index (χ1v) is 8.78. The molecule has 0 aliphatic carbocycles. The third kappa shape index (κ3) is 6.77. The van der Waals surface area contributed by atoms with Crippen molar-refractivity contribution in [2.45, 2.75) is 26.3 Å². The van der Waals surface area contributed by atoms with E-state index in [0.717, 1.165) is 16.8 Å². The molecule has 0 aromatic carbocycles. The number of hydrogen-bond donors (Lipinski definition) is 2. The normalized spacial score (nSPS) is 14.0. The lowest BCUT2D eigenvalue weighted by molar-refractivity contribution is -0.137. The van der Waals surface area contributed by atoms with Crippen LogP contribution in [0.5, 0.6) is 0 Å². The minimum Gasteiger partial charge on any atom is -0.480 e. The molecule has 0 aliphatic heterocycles. The Balaban J connectivity index is 2.98. The quantitative estimate of drug-likeness (QED) is 0.563. The first-order chi connectivity index (χ1) is 12.0. The summed E-state index contributed by atoms with van der Waals surface area (Å²) in [5.41, 5.74) is 2.59. The number of carboxylic acid groups (broad SMARTS) is 1. The molecule has 0 saturated carbocycles. The van der Waals surface area contributed by atoms with E-state index >= 15 is 0 Å². The van der Waals surface area contributed by atoms with E-state index < -0.39 is 12.0 Å². The monoisotopic (exact) mass is 356 g/mol. The molecule has 1 unspecified atom stereocenters. The lowest BCUT2D eigenvalue weighted by Crippen LogP contribution is -2.29. The topological polar surface area (TPSA) is 62.2 Å². The summed E-state index contributed by atoms with van der Waals surface area (Å²) >= 11 is 1.38. The summed E-state index contributed by atoms with van der Waals surface area (Å²) in [6.45, 7) is 11.2. The average molecular weight is 356 g/mol. The predicted molar refractivity (Wildman–Crippen MR) is 108 cm³/mol. The molecule has 5 heteroatoms. The molecule has 0 amide bonds. The van der Waals surface area contributed by atoms with Crippen molar-refractivity contribution in [2.75, 3.05) is 5.32 Å².